The lowest BCUT2D eigenvalue weighted by Gasteiger charge is -2.43. The molecule has 8 rings (SSSR count). The second kappa shape index (κ2) is 17.2. The molecule has 3 amide bonds. The van der Waals surface area contributed by atoms with E-state index in [1.165, 1.54) is 60.2 Å². The van der Waals surface area contributed by atoms with Gasteiger partial charge in [-0.3, -0.25) is 19.7 Å². The average molecular weight is 780 g/mol. The number of rotatable bonds is 12. The summed E-state index contributed by atoms with van der Waals surface area (Å²) in [7, 11) is 0. The first-order valence-electron chi connectivity index (χ1n) is 21.4. The predicted molar refractivity (Wildman–Crippen MR) is 232 cm³/mol. The number of phenols is 1. The van der Waals surface area contributed by atoms with Crippen LogP contribution in [0.2, 0.25) is 0 Å². The van der Waals surface area contributed by atoms with Crippen LogP contribution in [0.3, 0.4) is 0 Å². The number of imide groups is 1. The van der Waals surface area contributed by atoms with Crippen LogP contribution >= 0.6 is 0 Å². The molecule has 1 atom stereocenters. The molecule has 3 fully saturated rings. The highest BCUT2D eigenvalue weighted by Crippen LogP contribution is 2.39. The number of hydrogen-bond acceptors (Lipinski definition) is 7. The molecule has 3 N–H and O–H groups in total. The molecule has 58 heavy (non-hydrogen) atoms. The molecule has 4 aliphatic rings. The number of carbonyl (C=O) groups is 3. The first kappa shape index (κ1) is 39.4. The number of benzene rings is 4. The summed E-state index contributed by atoms with van der Waals surface area (Å²) in [5.41, 5.74) is 10.1. The number of nitrogens with zero attached hydrogens (tertiary/aromatic N) is 3. The lowest BCUT2D eigenvalue weighted by molar-refractivity contribution is -0.136. The number of amides is 3. The topological polar surface area (TPSA) is 105 Å². The van der Waals surface area contributed by atoms with E-state index < -0.39 is 6.04 Å². The highest BCUT2D eigenvalue weighted by molar-refractivity contribution is 6.05. The summed E-state index contributed by atoms with van der Waals surface area (Å²) in [4.78, 5) is 44.2. The average Bonchev–Trinajstić information content (AvgIpc) is 3.58. The Morgan fingerprint density at radius 3 is 2.16 bits per heavy atom. The van der Waals surface area contributed by atoms with Crippen molar-refractivity contribution in [3.05, 3.63) is 125 Å². The van der Waals surface area contributed by atoms with E-state index >= 15 is 0 Å². The summed E-state index contributed by atoms with van der Waals surface area (Å²) in [5.74, 6) is 0.206. The van der Waals surface area contributed by atoms with Gasteiger partial charge in [0, 0.05) is 56.1 Å². The van der Waals surface area contributed by atoms with Gasteiger partial charge >= 0.3 is 0 Å². The molecule has 0 spiro atoms. The van der Waals surface area contributed by atoms with E-state index in [1.54, 1.807) is 17.0 Å². The second-order valence-electron chi connectivity index (χ2n) is 16.9. The summed E-state index contributed by atoms with van der Waals surface area (Å²) >= 11 is 0. The van der Waals surface area contributed by atoms with Gasteiger partial charge in [0.1, 0.15) is 11.8 Å². The van der Waals surface area contributed by atoms with E-state index in [1.807, 2.05) is 24.3 Å². The highest BCUT2D eigenvalue weighted by Gasteiger charge is 2.39. The molecule has 302 valence electrons. The molecule has 0 aromatic heterocycles. The Balaban J connectivity index is 0.830. The lowest BCUT2D eigenvalue weighted by atomic mass is 9.75. The molecule has 4 aromatic carbocycles. The molecule has 3 saturated heterocycles. The molecular formula is C49H57N5O4. The third-order valence-electron chi connectivity index (χ3n) is 13.4. The van der Waals surface area contributed by atoms with Gasteiger partial charge < -0.3 is 25.1 Å². The largest absolute Gasteiger partial charge is 0.508 e. The number of piperidine rings is 3. The summed E-state index contributed by atoms with van der Waals surface area (Å²) in [6.07, 6.45) is 7.39. The maximum atomic E-state index is 13.2. The van der Waals surface area contributed by atoms with E-state index in [2.05, 4.69) is 94.9 Å². The van der Waals surface area contributed by atoms with Gasteiger partial charge in [0.05, 0.1) is 0 Å². The van der Waals surface area contributed by atoms with Crippen molar-refractivity contribution in [1.29, 1.82) is 0 Å². The van der Waals surface area contributed by atoms with Gasteiger partial charge in [-0.05, 0) is 145 Å². The Kier molecular flexibility index (Phi) is 11.7. The van der Waals surface area contributed by atoms with Gasteiger partial charge in [0.15, 0.2) is 0 Å². The standard InChI is InChI=1S/C49H57N5O4/c1-3-42(35-8-6-5-7-9-35)46(37-12-17-41(55)18-13-37)36-10-15-40(16-11-36)53-26-22-34(23-27-53)31-52-28-24-49(4-2,25-29-52)33-50-39-14-19-43-38(30-39)32-54(48(43)58)44-20-21-45(56)51-47(44)57/h5-19,30,34,44,50,55H,3-4,20-29,31-33H2,1-2H3,(H,51,56,57)/b46-42+. The van der Waals surface area contributed by atoms with Crippen LogP contribution in [0.5, 0.6) is 5.75 Å². The van der Waals surface area contributed by atoms with Crippen molar-refractivity contribution in [2.45, 2.75) is 77.8 Å². The van der Waals surface area contributed by atoms with Crippen molar-refractivity contribution in [3.8, 4) is 5.75 Å². The maximum absolute atomic E-state index is 13.2. The molecule has 9 heteroatoms. The number of carbonyl (C=O) groups excluding carboxylic acids is 3. The Labute approximate surface area is 343 Å². The van der Waals surface area contributed by atoms with Crippen LogP contribution in [-0.2, 0) is 16.1 Å². The summed E-state index contributed by atoms with van der Waals surface area (Å²) in [6.45, 7) is 11.4. The molecule has 0 aliphatic carbocycles. The Morgan fingerprint density at radius 1 is 0.810 bits per heavy atom. The van der Waals surface area contributed by atoms with Crippen LogP contribution < -0.4 is 15.5 Å². The minimum atomic E-state index is -0.595. The molecule has 4 aromatic rings. The number of fused-ring (bicyclic) bond motifs is 1. The molecule has 4 aliphatic heterocycles. The number of hydrogen-bond donors (Lipinski definition) is 3. The van der Waals surface area contributed by atoms with Crippen molar-refractivity contribution in [2.24, 2.45) is 11.3 Å². The zero-order valence-corrected chi connectivity index (χ0v) is 34.0. The summed E-state index contributed by atoms with van der Waals surface area (Å²) in [5, 5.41) is 16.1. The van der Waals surface area contributed by atoms with E-state index in [4.69, 9.17) is 0 Å². The number of anilines is 2. The van der Waals surface area contributed by atoms with Gasteiger partial charge in [0.2, 0.25) is 11.8 Å². The summed E-state index contributed by atoms with van der Waals surface area (Å²) < 4.78 is 0. The van der Waals surface area contributed by atoms with Crippen LogP contribution in [0.15, 0.2) is 97.1 Å². The zero-order chi connectivity index (χ0) is 40.2. The molecule has 9 nitrogen and oxygen atoms in total. The van der Waals surface area contributed by atoms with E-state index in [-0.39, 0.29) is 35.3 Å². The Bertz CT molecular complexity index is 2130. The van der Waals surface area contributed by atoms with Crippen molar-refractivity contribution < 1.29 is 19.5 Å². The Hall–Kier alpha value is -5.41. The number of phenolic OH excluding ortho intramolecular Hbond substituents is 1. The number of likely N-dealkylation sites (tertiary alicyclic amines) is 1. The van der Waals surface area contributed by atoms with Gasteiger partial charge in [-0.2, -0.15) is 0 Å². The predicted octanol–water partition coefficient (Wildman–Crippen LogP) is 8.34. The third-order valence-corrected chi connectivity index (χ3v) is 13.4. The summed E-state index contributed by atoms with van der Waals surface area (Å²) in [6, 6.07) is 32.7. The van der Waals surface area contributed by atoms with Crippen LogP contribution in [0.25, 0.3) is 11.1 Å². The molecule has 0 radical (unpaired) electrons. The maximum Gasteiger partial charge on any atom is 0.255 e. The number of nitrogens with one attached hydrogen (secondary N) is 2. The minimum absolute atomic E-state index is 0.132. The monoisotopic (exact) mass is 779 g/mol. The third kappa shape index (κ3) is 8.42. The fourth-order valence-electron chi connectivity index (χ4n) is 9.72. The van der Waals surface area contributed by atoms with E-state index in [0.717, 1.165) is 62.4 Å². The second-order valence-corrected chi connectivity index (χ2v) is 16.9. The fourth-order valence-corrected chi connectivity index (χ4v) is 9.72. The zero-order valence-electron chi connectivity index (χ0n) is 34.0. The van der Waals surface area contributed by atoms with Crippen LogP contribution in [0.4, 0.5) is 11.4 Å². The molecule has 4 heterocycles. The van der Waals surface area contributed by atoms with Crippen molar-refractivity contribution in [3.63, 3.8) is 0 Å². The van der Waals surface area contributed by atoms with Gasteiger partial charge in [-0.25, -0.2) is 0 Å². The Morgan fingerprint density at radius 2 is 1.50 bits per heavy atom. The van der Waals surface area contributed by atoms with Crippen LogP contribution in [0, 0.1) is 11.3 Å². The quantitative estimate of drug-likeness (QED) is 0.0982. The highest BCUT2D eigenvalue weighted by atomic mass is 16.3. The fraction of sp³-hybridized carbons (Fsp3) is 0.408. The smallest absolute Gasteiger partial charge is 0.255 e. The van der Waals surface area contributed by atoms with Crippen LogP contribution in [0.1, 0.15) is 97.8 Å². The number of aromatic hydroxyl groups is 1. The number of allylic oxidation sites excluding steroid dienone is 1. The minimum Gasteiger partial charge on any atom is -0.508 e. The first-order chi connectivity index (χ1) is 28.2. The SMILES string of the molecule is CC/C(=C(\c1ccc(O)cc1)c1ccc(N2CCC(CN3CCC(CC)(CNc4ccc5c(c4)CN(C4CCC(=O)NC4=O)C5=O)CC3)CC2)cc1)c1ccccc1. The first-order valence-corrected chi connectivity index (χ1v) is 21.4. The lowest BCUT2D eigenvalue weighted by Crippen LogP contribution is -2.52. The van der Waals surface area contributed by atoms with Crippen molar-refractivity contribution >= 4 is 40.2 Å². The van der Waals surface area contributed by atoms with E-state index in [0.29, 0.717) is 24.4 Å². The van der Waals surface area contributed by atoms with Gasteiger partial charge in [-0.1, -0.05) is 68.4 Å². The molecule has 0 bridgehead atoms. The van der Waals surface area contributed by atoms with Gasteiger partial charge in [-0.15, -0.1) is 0 Å². The van der Waals surface area contributed by atoms with Crippen LogP contribution in [-0.4, -0.2) is 77.9 Å². The molecule has 1 unspecified atom stereocenters. The van der Waals surface area contributed by atoms with Gasteiger partial charge in [0.25, 0.3) is 5.91 Å². The van der Waals surface area contributed by atoms with E-state index in [9.17, 15) is 19.5 Å². The molecular weight excluding hydrogens is 723 g/mol. The normalized spacial score (nSPS) is 20.4. The van der Waals surface area contributed by atoms with Crippen molar-refractivity contribution in [1.82, 2.24) is 15.1 Å². The van der Waals surface area contributed by atoms with Crippen molar-refractivity contribution in [2.75, 3.05) is 49.5 Å². The molecule has 0 saturated carbocycles.